The van der Waals surface area contributed by atoms with Crippen LogP contribution >= 0.6 is 11.3 Å². The van der Waals surface area contributed by atoms with Crippen molar-refractivity contribution in [2.75, 3.05) is 5.32 Å². The molecular formula is C20H14F2N2O2S. The fourth-order valence-corrected chi connectivity index (χ4v) is 3.86. The van der Waals surface area contributed by atoms with E-state index in [-0.39, 0.29) is 0 Å². The molecule has 0 radical (unpaired) electrons. The van der Waals surface area contributed by atoms with E-state index in [0.717, 1.165) is 39.2 Å². The van der Waals surface area contributed by atoms with Gasteiger partial charge in [-0.1, -0.05) is 11.2 Å². The smallest absolute Gasteiger partial charge is 0.265 e. The average molecular weight is 384 g/mol. The molecule has 0 aliphatic rings. The predicted octanol–water partition coefficient (Wildman–Crippen LogP) is 5.70. The number of nitrogens with zero attached hydrogens (tertiary/aromatic N) is 1. The Labute approximate surface area is 157 Å². The fraction of sp³-hybridized carbons (Fsp3) is 0.100. The summed E-state index contributed by atoms with van der Waals surface area (Å²) in [5.74, 6) is -2.20. The van der Waals surface area contributed by atoms with Crippen molar-refractivity contribution in [2.45, 2.75) is 13.8 Å². The molecule has 136 valence electrons. The Morgan fingerprint density at radius 2 is 1.85 bits per heavy atom. The highest BCUT2D eigenvalue weighted by Crippen LogP contribution is 2.34. The summed E-state index contributed by atoms with van der Waals surface area (Å²) in [7, 11) is 0. The van der Waals surface area contributed by atoms with Gasteiger partial charge in [0.25, 0.3) is 5.91 Å². The number of halogens is 2. The zero-order valence-electron chi connectivity index (χ0n) is 14.5. The van der Waals surface area contributed by atoms with Crippen LogP contribution in [0.4, 0.5) is 14.5 Å². The van der Waals surface area contributed by atoms with Gasteiger partial charge in [-0.25, -0.2) is 8.78 Å². The fourth-order valence-electron chi connectivity index (χ4n) is 2.88. The maximum atomic E-state index is 13.7. The van der Waals surface area contributed by atoms with Crippen molar-refractivity contribution in [2.24, 2.45) is 0 Å². The molecule has 0 spiro atoms. The van der Waals surface area contributed by atoms with Crippen LogP contribution in [0.2, 0.25) is 0 Å². The summed E-state index contributed by atoms with van der Waals surface area (Å²) in [6, 6.07) is 10.7. The molecule has 0 fully saturated rings. The average Bonchev–Trinajstić information content (AvgIpc) is 3.25. The Morgan fingerprint density at radius 1 is 1.11 bits per heavy atom. The summed E-state index contributed by atoms with van der Waals surface area (Å²) in [5, 5.41) is 7.21. The number of fused-ring (bicyclic) bond motifs is 1. The van der Waals surface area contributed by atoms with Crippen molar-refractivity contribution in [3.05, 3.63) is 70.2 Å². The van der Waals surface area contributed by atoms with Gasteiger partial charge >= 0.3 is 0 Å². The van der Waals surface area contributed by atoms with Crippen LogP contribution in [0.5, 0.6) is 0 Å². The number of hydrogen-bond donors (Lipinski definition) is 1. The van der Waals surface area contributed by atoms with Gasteiger partial charge in [-0.2, -0.15) is 0 Å². The van der Waals surface area contributed by atoms with Crippen LogP contribution in [-0.2, 0) is 0 Å². The first-order valence-electron chi connectivity index (χ1n) is 8.16. The highest BCUT2D eigenvalue weighted by atomic mass is 32.1. The molecule has 4 rings (SSSR count). The molecule has 4 nitrogen and oxygen atoms in total. The van der Waals surface area contributed by atoms with Crippen LogP contribution in [0.3, 0.4) is 0 Å². The van der Waals surface area contributed by atoms with Crippen molar-refractivity contribution >= 4 is 33.9 Å². The number of benzene rings is 2. The standard InChI is InChI=1S/C20H14F2N2O2S/c1-10-8-13-11(2)24-26-16(13)9-12(10)17-6-7-18(27-17)20(25)23-19-14(21)4-3-5-15(19)22/h3-9H,1-2H3,(H,23,25). The Kier molecular flexibility index (Phi) is 4.24. The van der Waals surface area contributed by atoms with E-state index in [4.69, 9.17) is 4.52 Å². The molecule has 2 heterocycles. The normalized spacial score (nSPS) is 11.1. The first kappa shape index (κ1) is 17.4. The second-order valence-corrected chi connectivity index (χ2v) is 7.23. The molecule has 27 heavy (non-hydrogen) atoms. The second kappa shape index (κ2) is 6.59. The molecule has 4 aromatic rings. The summed E-state index contributed by atoms with van der Waals surface area (Å²) in [4.78, 5) is 13.6. The zero-order valence-corrected chi connectivity index (χ0v) is 15.3. The summed E-state index contributed by atoms with van der Waals surface area (Å²) in [6.45, 7) is 3.84. The van der Waals surface area contributed by atoms with E-state index < -0.39 is 23.2 Å². The molecule has 0 aliphatic heterocycles. The van der Waals surface area contributed by atoms with E-state index in [1.807, 2.05) is 26.0 Å². The molecule has 0 atom stereocenters. The van der Waals surface area contributed by atoms with Crippen LogP contribution in [0.1, 0.15) is 20.9 Å². The number of amides is 1. The van der Waals surface area contributed by atoms with Crippen molar-refractivity contribution in [3.8, 4) is 10.4 Å². The minimum absolute atomic E-state index is 0.348. The third kappa shape index (κ3) is 3.10. The summed E-state index contributed by atoms with van der Waals surface area (Å²) in [6.07, 6.45) is 0. The van der Waals surface area contributed by atoms with Gasteiger partial charge in [0.05, 0.1) is 10.6 Å². The highest BCUT2D eigenvalue weighted by Gasteiger charge is 2.17. The number of aryl methyl sites for hydroxylation is 2. The number of thiophene rings is 1. The van der Waals surface area contributed by atoms with Gasteiger partial charge in [0.15, 0.2) is 5.58 Å². The number of carbonyl (C=O) groups is 1. The highest BCUT2D eigenvalue weighted by molar-refractivity contribution is 7.17. The largest absolute Gasteiger partial charge is 0.356 e. The molecule has 2 aromatic carbocycles. The quantitative estimate of drug-likeness (QED) is 0.493. The second-order valence-electron chi connectivity index (χ2n) is 6.15. The lowest BCUT2D eigenvalue weighted by molar-refractivity contribution is 0.102. The third-order valence-electron chi connectivity index (χ3n) is 4.29. The topological polar surface area (TPSA) is 55.1 Å². The number of hydrogen-bond acceptors (Lipinski definition) is 4. The molecule has 0 unspecified atom stereocenters. The van der Waals surface area contributed by atoms with Crippen LogP contribution < -0.4 is 5.32 Å². The van der Waals surface area contributed by atoms with E-state index in [0.29, 0.717) is 10.5 Å². The molecule has 0 aliphatic carbocycles. The van der Waals surface area contributed by atoms with E-state index in [1.165, 1.54) is 17.4 Å². The Morgan fingerprint density at radius 3 is 2.59 bits per heavy atom. The number of rotatable bonds is 3. The van der Waals surface area contributed by atoms with Gasteiger partial charge in [0, 0.05) is 10.3 Å². The minimum Gasteiger partial charge on any atom is -0.356 e. The van der Waals surface area contributed by atoms with Gasteiger partial charge in [-0.3, -0.25) is 4.79 Å². The number of anilines is 1. The molecule has 1 N–H and O–H groups in total. The lowest BCUT2D eigenvalue weighted by atomic mass is 10.0. The Hall–Kier alpha value is -3.06. The molecule has 1 amide bonds. The van der Waals surface area contributed by atoms with Crippen LogP contribution in [0, 0.1) is 25.5 Å². The number of carbonyl (C=O) groups excluding carboxylic acids is 1. The number of nitrogens with one attached hydrogen (secondary N) is 1. The van der Waals surface area contributed by atoms with E-state index in [2.05, 4.69) is 10.5 Å². The predicted molar refractivity (Wildman–Crippen MR) is 101 cm³/mol. The van der Waals surface area contributed by atoms with Crippen molar-refractivity contribution in [1.82, 2.24) is 5.16 Å². The lowest BCUT2D eigenvalue weighted by Crippen LogP contribution is -2.12. The molecular weight excluding hydrogens is 370 g/mol. The van der Waals surface area contributed by atoms with Gasteiger partial charge in [0.2, 0.25) is 0 Å². The SMILES string of the molecule is Cc1cc2c(C)noc2cc1-c1ccc(C(=O)Nc2c(F)cccc2F)s1. The van der Waals surface area contributed by atoms with Gasteiger partial charge in [-0.15, -0.1) is 11.3 Å². The van der Waals surface area contributed by atoms with E-state index >= 15 is 0 Å². The lowest BCUT2D eigenvalue weighted by Gasteiger charge is -2.06. The third-order valence-corrected chi connectivity index (χ3v) is 5.41. The molecule has 0 saturated heterocycles. The van der Waals surface area contributed by atoms with Crippen LogP contribution in [0.25, 0.3) is 21.4 Å². The maximum absolute atomic E-state index is 13.7. The first-order chi connectivity index (χ1) is 12.9. The number of para-hydroxylation sites is 1. The van der Waals surface area contributed by atoms with Crippen molar-refractivity contribution < 1.29 is 18.1 Å². The van der Waals surface area contributed by atoms with E-state index in [9.17, 15) is 13.6 Å². The first-order valence-corrected chi connectivity index (χ1v) is 8.98. The van der Waals surface area contributed by atoms with E-state index in [1.54, 1.807) is 12.1 Å². The summed E-state index contributed by atoms with van der Waals surface area (Å²) < 4.78 is 32.8. The van der Waals surface area contributed by atoms with Crippen LogP contribution in [0.15, 0.2) is 47.0 Å². The zero-order chi connectivity index (χ0) is 19.1. The summed E-state index contributed by atoms with van der Waals surface area (Å²) in [5.41, 5.74) is 2.97. The molecule has 2 aromatic heterocycles. The van der Waals surface area contributed by atoms with Gasteiger partial charge < -0.3 is 9.84 Å². The maximum Gasteiger partial charge on any atom is 0.265 e. The van der Waals surface area contributed by atoms with Gasteiger partial charge in [0.1, 0.15) is 17.3 Å². The Balaban J connectivity index is 1.65. The molecule has 0 bridgehead atoms. The Bertz CT molecular complexity index is 1160. The summed E-state index contributed by atoms with van der Waals surface area (Å²) >= 11 is 1.24. The van der Waals surface area contributed by atoms with Crippen LogP contribution in [-0.4, -0.2) is 11.1 Å². The minimum atomic E-state index is -0.817. The monoisotopic (exact) mass is 384 g/mol. The van der Waals surface area contributed by atoms with Gasteiger partial charge in [-0.05, 0) is 61.4 Å². The molecule has 7 heteroatoms. The number of aromatic nitrogens is 1. The molecule has 0 saturated carbocycles. The van der Waals surface area contributed by atoms with Crippen molar-refractivity contribution in [3.63, 3.8) is 0 Å². The van der Waals surface area contributed by atoms with Crippen molar-refractivity contribution in [1.29, 1.82) is 0 Å².